The fraction of sp³-hybridized carbons (Fsp3) is 0.231. The van der Waals surface area contributed by atoms with Gasteiger partial charge in [0.15, 0.2) is 0 Å². The SMILES string of the molecule is CCn1c(C)c(C(=O)O)c(=N)c2ccccc21. The van der Waals surface area contributed by atoms with E-state index in [0.29, 0.717) is 17.6 Å². The van der Waals surface area contributed by atoms with Crippen LogP contribution in [0.5, 0.6) is 0 Å². The molecule has 0 aliphatic carbocycles. The van der Waals surface area contributed by atoms with Crippen LogP contribution in [0.25, 0.3) is 10.9 Å². The molecule has 0 amide bonds. The van der Waals surface area contributed by atoms with Crippen molar-refractivity contribution in [1.82, 2.24) is 4.57 Å². The van der Waals surface area contributed by atoms with Gasteiger partial charge >= 0.3 is 5.97 Å². The maximum Gasteiger partial charge on any atom is 0.339 e. The summed E-state index contributed by atoms with van der Waals surface area (Å²) in [6.45, 7) is 4.40. The van der Waals surface area contributed by atoms with Crippen molar-refractivity contribution in [2.24, 2.45) is 0 Å². The van der Waals surface area contributed by atoms with Gasteiger partial charge in [-0.25, -0.2) is 4.79 Å². The van der Waals surface area contributed by atoms with Gasteiger partial charge in [-0.2, -0.15) is 0 Å². The van der Waals surface area contributed by atoms with Crippen molar-refractivity contribution >= 4 is 16.9 Å². The molecule has 17 heavy (non-hydrogen) atoms. The number of aromatic nitrogens is 1. The fourth-order valence-corrected chi connectivity index (χ4v) is 2.22. The second-order valence-corrected chi connectivity index (χ2v) is 3.90. The van der Waals surface area contributed by atoms with Crippen LogP contribution in [0.15, 0.2) is 24.3 Å². The van der Waals surface area contributed by atoms with Crippen LogP contribution in [0.4, 0.5) is 0 Å². The maximum absolute atomic E-state index is 11.2. The van der Waals surface area contributed by atoms with Crippen LogP contribution in [0.1, 0.15) is 23.0 Å². The fourth-order valence-electron chi connectivity index (χ4n) is 2.22. The van der Waals surface area contributed by atoms with E-state index in [2.05, 4.69) is 0 Å². The van der Waals surface area contributed by atoms with Crippen molar-refractivity contribution in [3.63, 3.8) is 0 Å². The average molecular weight is 230 g/mol. The first-order valence-corrected chi connectivity index (χ1v) is 5.48. The molecule has 1 aromatic carbocycles. The molecule has 4 nitrogen and oxygen atoms in total. The molecule has 0 saturated heterocycles. The van der Waals surface area contributed by atoms with Gasteiger partial charge in [-0.15, -0.1) is 0 Å². The van der Waals surface area contributed by atoms with E-state index in [1.165, 1.54) is 0 Å². The zero-order chi connectivity index (χ0) is 12.6. The number of nitrogens with one attached hydrogen (secondary N) is 1. The Labute approximate surface area is 98.6 Å². The number of rotatable bonds is 2. The van der Waals surface area contributed by atoms with Gasteiger partial charge in [-0.05, 0) is 19.9 Å². The first kappa shape index (κ1) is 11.4. The molecule has 0 aliphatic rings. The van der Waals surface area contributed by atoms with Crippen molar-refractivity contribution in [1.29, 1.82) is 5.41 Å². The summed E-state index contributed by atoms with van der Waals surface area (Å²) in [6.07, 6.45) is 0. The molecule has 88 valence electrons. The number of para-hydroxylation sites is 1. The Kier molecular flexibility index (Phi) is 2.71. The van der Waals surface area contributed by atoms with Gasteiger partial charge in [0.05, 0.1) is 10.9 Å². The minimum atomic E-state index is -1.04. The van der Waals surface area contributed by atoms with Gasteiger partial charge < -0.3 is 9.67 Å². The summed E-state index contributed by atoms with van der Waals surface area (Å²) in [5.41, 5.74) is 1.62. The zero-order valence-electron chi connectivity index (χ0n) is 9.82. The number of carbonyl (C=O) groups is 1. The number of carboxylic acids is 1. The largest absolute Gasteiger partial charge is 0.478 e. The van der Waals surface area contributed by atoms with Crippen molar-refractivity contribution < 1.29 is 9.90 Å². The number of hydrogen-bond acceptors (Lipinski definition) is 2. The number of benzene rings is 1. The van der Waals surface area contributed by atoms with Crippen LogP contribution in [-0.2, 0) is 6.54 Å². The van der Waals surface area contributed by atoms with E-state index in [4.69, 9.17) is 5.41 Å². The predicted octanol–water partition coefficient (Wildman–Crippen LogP) is 2.15. The summed E-state index contributed by atoms with van der Waals surface area (Å²) in [5, 5.41) is 18.0. The third kappa shape index (κ3) is 1.62. The minimum absolute atomic E-state index is 0.0885. The quantitative estimate of drug-likeness (QED) is 0.830. The summed E-state index contributed by atoms with van der Waals surface area (Å²) in [5.74, 6) is -1.04. The van der Waals surface area contributed by atoms with Gasteiger partial charge in [0, 0.05) is 17.6 Å². The van der Waals surface area contributed by atoms with E-state index in [1.54, 1.807) is 13.0 Å². The maximum atomic E-state index is 11.2. The highest BCUT2D eigenvalue weighted by molar-refractivity contribution is 5.93. The van der Waals surface area contributed by atoms with Crippen LogP contribution in [0.2, 0.25) is 0 Å². The smallest absolute Gasteiger partial charge is 0.339 e. The van der Waals surface area contributed by atoms with Crippen LogP contribution in [-0.4, -0.2) is 15.6 Å². The summed E-state index contributed by atoms with van der Waals surface area (Å²) < 4.78 is 1.93. The lowest BCUT2D eigenvalue weighted by Gasteiger charge is -2.15. The first-order chi connectivity index (χ1) is 8.07. The van der Waals surface area contributed by atoms with E-state index in [-0.39, 0.29) is 10.9 Å². The number of hydrogen-bond donors (Lipinski definition) is 2. The van der Waals surface area contributed by atoms with Crippen LogP contribution in [0.3, 0.4) is 0 Å². The van der Waals surface area contributed by atoms with E-state index in [1.807, 2.05) is 29.7 Å². The lowest BCUT2D eigenvalue weighted by Crippen LogP contribution is -2.22. The monoisotopic (exact) mass is 230 g/mol. The van der Waals surface area contributed by atoms with E-state index in [9.17, 15) is 9.90 Å². The molecule has 0 atom stereocenters. The average Bonchev–Trinajstić information content (AvgIpc) is 2.29. The second-order valence-electron chi connectivity index (χ2n) is 3.90. The number of carboxylic acid groups (broad SMARTS) is 1. The second kappa shape index (κ2) is 4.05. The summed E-state index contributed by atoms with van der Waals surface area (Å²) in [6, 6.07) is 7.42. The Hall–Kier alpha value is -2.10. The topological polar surface area (TPSA) is 66.1 Å². The van der Waals surface area contributed by atoms with Gasteiger partial charge in [-0.1, -0.05) is 18.2 Å². The molecule has 0 unspecified atom stereocenters. The number of aryl methyl sites for hydroxylation is 1. The lowest BCUT2D eigenvalue weighted by atomic mass is 10.1. The highest BCUT2D eigenvalue weighted by atomic mass is 16.4. The van der Waals surface area contributed by atoms with Gasteiger partial charge in [-0.3, -0.25) is 5.41 Å². The molecule has 1 heterocycles. The highest BCUT2D eigenvalue weighted by Crippen LogP contribution is 2.15. The Morgan fingerprint density at radius 1 is 1.41 bits per heavy atom. The van der Waals surface area contributed by atoms with Crippen LogP contribution >= 0.6 is 0 Å². The molecule has 0 radical (unpaired) electrons. The molecular formula is C13H14N2O2. The molecule has 0 fully saturated rings. The van der Waals surface area contributed by atoms with Crippen molar-refractivity contribution in [2.75, 3.05) is 0 Å². The van der Waals surface area contributed by atoms with E-state index < -0.39 is 5.97 Å². The normalized spacial score (nSPS) is 10.7. The minimum Gasteiger partial charge on any atom is -0.478 e. The Balaban J connectivity index is 3.05. The van der Waals surface area contributed by atoms with Crippen molar-refractivity contribution in [2.45, 2.75) is 20.4 Å². The number of fused-ring (bicyclic) bond motifs is 1. The van der Waals surface area contributed by atoms with Gasteiger partial charge in [0.1, 0.15) is 5.56 Å². The third-order valence-corrected chi connectivity index (χ3v) is 3.01. The van der Waals surface area contributed by atoms with Crippen LogP contribution < -0.4 is 5.36 Å². The van der Waals surface area contributed by atoms with Gasteiger partial charge in [0.2, 0.25) is 0 Å². The summed E-state index contributed by atoms with van der Waals surface area (Å²) in [4.78, 5) is 11.2. The molecule has 2 aromatic rings. The predicted molar refractivity (Wildman–Crippen MR) is 65.2 cm³/mol. The van der Waals surface area contributed by atoms with Crippen molar-refractivity contribution in [3.05, 3.63) is 40.9 Å². The first-order valence-electron chi connectivity index (χ1n) is 5.48. The molecule has 0 bridgehead atoms. The standard InChI is InChI=1S/C13H14N2O2/c1-3-15-8(2)11(13(16)17)12(14)9-6-4-5-7-10(9)15/h4-7,14H,3H2,1-2H3,(H,16,17). The Morgan fingerprint density at radius 2 is 2.06 bits per heavy atom. The zero-order valence-corrected chi connectivity index (χ0v) is 9.82. The molecule has 0 saturated carbocycles. The molecule has 2 N–H and O–H groups in total. The Bertz CT molecular complexity index is 656. The molecule has 2 rings (SSSR count). The molecule has 0 spiro atoms. The van der Waals surface area contributed by atoms with E-state index in [0.717, 1.165) is 5.52 Å². The van der Waals surface area contributed by atoms with Crippen molar-refractivity contribution in [3.8, 4) is 0 Å². The molecular weight excluding hydrogens is 216 g/mol. The van der Waals surface area contributed by atoms with Gasteiger partial charge in [0.25, 0.3) is 0 Å². The third-order valence-electron chi connectivity index (χ3n) is 3.01. The lowest BCUT2D eigenvalue weighted by molar-refractivity contribution is 0.0693. The molecule has 1 aromatic heterocycles. The highest BCUT2D eigenvalue weighted by Gasteiger charge is 2.15. The number of pyridine rings is 1. The van der Waals surface area contributed by atoms with E-state index >= 15 is 0 Å². The number of aromatic carboxylic acids is 1. The Morgan fingerprint density at radius 3 is 2.65 bits per heavy atom. The summed E-state index contributed by atoms with van der Waals surface area (Å²) >= 11 is 0. The molecule has 4 heteroatoms. The number of nitrogens with zero attached hydrogens (tertiary/aromatic N) is 1. The summed E-state index contributed by atoms with van der Waals surface area (Å²) in [7, 11) is 0. The molecule has 0 aliphatic heterocycles. The van der Waals surface area contributed by atoms with Crippen LogP contribution in [0, 0.1) is 12.3 Å².